The zero-order valence-electron chi connectivity index (χ0n) is 12.3. The summed E-state index contributed by atoms with van der Waals surface area (Å²) in [6.45, 7) is 8.01. The summed E-state index contributed by atoms with van der Waals surface area (Å²) in [6.07, 6.45) is 3.40. The van der Waals surface area contributed by atoms with Gasteiger partial charge in [-0.15, -0.1) is 0 Å². The van der Waals surface area contributed by atoms with E-state index in [4.69, 9.17) is 0 Å². The Morgan fingerprint density at radius 1 is 1.26 bits per heavy atom. The molecule has 5 nitrogen and oxygen atoms in total. The molecule has 1 unspecified atom stereocenters. The summed E-state index contributed by atoms with van der Waals surface area (Å²) in [4.78, 5) is 23.6. The Morgan fingerprint density at radius 2 is 2.00 bits per heavy atom. The van der Waals surface area contributed by atoms with E-state index in [9.17, 15) is 9.59 Å². The number of carbonyl (C=O) groups is 2. The Labute approximate surface area is 115 Å². The summed E-state index contributed by atoms with van der Waals surface area (Å²) in [5.74, 6) is 0.448. The molecule has 0 bridgehead atoms. The number of hydrogen-bond acceptors (Lipinski definition) is 3. The van der Waals surface area contributed by atoms with E-state index < -0.39 is 5.54 Å². The predicted octanol–water partition coefficient (Wildman–Crippen LogP) is 0.797. The molecule has 0 radical (unpaired) electrons. The molecule has 0 aromatic carbocycles. The van der Waals surface area contributed by atoms with Crippen LogP contribution in [0.4, 0.5) is 0 Å². The first kappa shape index (κ1) is 16.0. The van der Waals surface area contributed by atoms with Crippen LogP contribution in [-0.4, -0.2) is 37.0 Å². The molecule has 1 heterocycles. The summed E-state index contributed by atoms with van der Waals surface area (Å²) in [7, 11) is 0. The summed E-state index contributed by atoms with van der Waals surface area (Å²) in [5, 5.41) is 8.95. The van der Waals surface area contributed by atoms with Gasteiger partial charge in [0, 0.05) is 19.5 Å². The van der Waals surface area contributed by atoms with Crippen LogP contribution in [-0.2, 0) is 9.59 Å². The number of carbonyl (C=O) groups excluding carboxylic acids is 2. The molecule has 0 aliphatic carbocycles. The molecule has 0 spiro atoms. The standard InChI is InChI=1S/C14H27N3O2/c1-11(2)10-16-12(18)6-9-15-13(19)14(3)7-4-5-8-17-14/h11,17H,4-10H2,1-3H3,(H,15,19)(H,16,18). The van der Waals surface area contributed by atoms with E-state index in [1.165, 1.54) is 0 Å². The van der Waals surface area contributed by atoms with E-state index in [2.05, 4.69) is 29.8 Å². The van der Waals surface area contributed by atoms with Crippen molar-refractivity contribution >= 4 is 11.8 Å². The molecule has 1 rings (SSSR count). The fourth-order valence-corrected chi connectivity index (χ4v) is 2.14. The van der Waals surface area contributed by atoms with Crippen LogP contribution in [0.2, 0.25) is 0 Å². The second-order valence-electron chi connectivity index (χ2n) is 5.92. The van der Waals surface area contributed by atoms with Crippen molar-refractivity contribution in [2.75, 3.05) is 19.6 Å². The highest BCUT2D eigenvalue weighted by Crippen LogP contribution is 2.18. The van der Waals surface area contributed by atoms with Gasteiger partial charge in [-0.1, -0.05) is 13.8 Å². The lowest BCUT2D eigenvalue weighted by molar-refractivity contribution is -0.128. The van der Waals surface area contributed by atoms with Crippen molar-refractivity contribution in [3.8, 4) is 0 Å². The highest BCUT2D eigenvalue weighted by atomic mass is 16.2. The molecule has 110 valence electrons. The molecule has 1 aliphatic heterocycles. The Morgan fingerprint density at radius 3 is 2.58 bits per heavy atom. The third-order valence-corrected chi connectivity index (χ3v) is 3.46. The first-order chi connectivity index (χ1) is 8.94. The molecule has 19 heavy (non-hydrogen) atoms. The van der Waals surface area contributed by atoms with Crippen LogP contribution < -0.4 is 16.0 Å². The predicted molar refractivity (Wildman–Crippen MR) is 75.7 cm³/mol. The lowest BCUT2D eigenvalue weighted by Gasteiger charge is -2.33. The maximum Gasteiger partial charge on any atom is 0.240 e. The van der Waals surface area contributed by atoms with Gasteiger partial charge in [-0.2, -0.15) is 0 Å². The van der Waals surface area contributed by atoms with Gasteiger partial charge in [-0.25, -0.2) is 0 Å². The van der Waals surface area contributed by atoms with Gasteiger partial charge < -0.3 is 16.0 Å². The number of hydrogen-bond donors (Lipinski definition) is 3. The second-order valence-corrected chi connectivity index (χ2v) is 5.92. The Kier molecular flexibility index (Phi) is 6.28. The minimum atomic E-state index is -0.466. The lowest BCUT2D eigenvalue weighted by Crippen LogP contribution is -2.57. The van der Waals surface area contributed by atoms with Crippen molar-refractivity contribution in [3.63, 3.8) is 0 Å². The Balaban J connectivity index is 2.21. The second kappa shape index (κ2) is 7.48. The molecule has 1 fully saturated rings. The monoisotopic (exact) mass is 269 g/mol. The van der Waals surface area contributed by atoms with Crippen molar-refractivity contribution < 1.29 is 9.59 Å². The van der Waals surface area contributed by atoms with Gasteiger partial charge in [0.15, 0.2) is 0 Å². The third kappa shape index (κ3) is 5.59. The maximum absolute atomic E-state index is 12.1. The van der Waals surface area contributed by atoms with E-state index in [-0.39, 0.29) is 11.8 Å². The molecule has 1 aliphatic rings. The van der Waals surface area contributed by atoms with Crippen molar-refractivity contribution in [1.82, 2.24) is 16.0 Å². The molecule has 3 N–H and O–H groups in total. The van der Waals surface area contributed by atoms with Crippen molar-refractivity contribution in [1.29, 1.82) is 0 Å². The Bertz CT molecular complexity index is 310. The SMILES string of the molecule is CC(C)CNC(=O)CCNC(=O)C1(C)CCCCN1. The molecule has 2 amide bonds. The summed E-state index contributed by atoms with van der Waals surface area (Å²) < 4.78 is 0. The molecule has 0 saturated carbocycles. The summed E-state index contributed by atoms with van der Waals surface area (Å²) in [5.41, 5.74) is -0.466. The first-order valence-electron chi connectivity index (χ1n) is 7.24. The van der Waals surface area contributed by atoms with Crippen molar-refractivity contribution in [2.45, 2.75) is 52.0 Å². The van der Waals surface area contributed by atoms with Crippen LogP contribution in [0, 0.1) is 5.92 Å². The molecule has 1 saturated heterocycles. The molecule has 1 atom stereocenters. The van der Waals surface area contributed by atoms with Crippen molar-refractivity contribution in [3.05, 3.63) is 0 Å². The van der Waals surface area contributed by atoms with Crippen LogP contribution >= 0.6 is 0 Å². The summed E-state index contributed by atoms with van der Waals surface area (Å²) in [6, 6.07) is 0. The number of rotatable bonds is 6. The van der Waals surface area contributed by atoms with Crippen LogP contribution in [0.5, 0.6) is 0 Å². The van der Waals surface area contributed by atoms with Crippen LogP contribution in [0.3, 0.4) is 0 Å². The van der Waals surface area contributed by atoms with Gasteiger partial charge in [-0.3, -0.25) is 9.59 Å². The number of nitrogens with one attached hydrogen (secondary N) is 3. The normalized spacial score (nSPS) is 23.2. The fraction of sp³-hybridized carbons (Fsp3) is 0.857. The largest absolute Gasteiger partial charge is 0.356 e. The van der Waals surface area contributed by atoms with Gasteiger partial charge in [-0.05, 0) is 38.6 Å². The third-order valence-electron chi connectivity index (χ3n) is 3.46. The summed E-state index contributed by atoms with van der Waals surface area (Å²) >= 11 is 0. The molecular formula is C14H27N3O2. The first-order valence-corrected chi connectivity index (χ1v) is 7.24. The van der Waals surface area contributed by atoms with Gasteiger partial charge >= 0.3 is 0 Å². The maximum atomic E-state index is 12.1. The molecule has 5 heteroatoms. The van der Waals surface area contributed by atoms with Crippen LogP contribution in [0.1, 0.15) is 46.5 Å². The Hall–Kier alpha value is -1.10. The molecular weight excluding hydrogens is 242 g/mol. The lowest BCUT2D eigenvalue weighted by atomic mass is 9.90. The molecule has 0 aromatic rings. The van der Waals surface area contributed by atoms with Gasteiger partial charge in [0.1, 0.15) is 0 Å². The van der Waals surface area contributed by atoms with E-state index >= 15 is 0 Å². The van der Waals surface area contributed by atoms with E-state index in [1.807, 2.05) is 6.92 Å². The topological polar surface area (TPSA) is 70.2 Å². The number of piperidine rings is 1. The highest BCUT2D eigenvalue weighted by Gasteiger charge is 2.33. The van der Waals surface area contributed by atoms with E-state index in [0.717, 1.165) is 25.8 Å². The van der Waals surface area contributed by atoms with Gasteiger partial charge in [0.05, 0.1) is 5.54 Å². The van der Waals surface area contributed by atoms with Gasteiger partial charge in [0.2, 0.25) is 11.8 Å². The fourth-order valence-electron chi connectivity index (χ4n) is 2.14. The van der Waals surface area contributed by atoms with E-state index in [1.54, 1.807) is 0 Å². The van der Waals surface area contributed by atoms with E-state index in [0.29, 0.717) is 25.4 Å². The average molecular weight is 269 g/mol. The van der Waals surface area contributed by atoms with Crippen LogP contribution in [0.25, 0.3) is 0 Å². The minimum Gasteiger partial charge on any atom is -0.356 e. The van der Waals surface area contributed by atoms with Crippen LogP contribution in [0.15, 0.2) is 0 Å². The number of amides is 2. The quantitative estimate of drug-likeness (QED) is 0.668. The van der Waals surface area contributed by atoms with Crippen molar-refractivity contribution in [2.24, 2.45) is 5.92 Å². The smallest absolute Gasteiger partial charge is 0.240 e. The highest BCUT2D eigenvalue weighted by molar-refractivity contribution is 5.86. The molecule has 0 aromatic heterocycles. The minimum absolute atomic E-state index is 0.00357. The van der Waals surface area contributed by atoms with Gasteiger partial charge in [0.25, 0.3) is 0 Å². The zero-order valence-corrected chi connectivity index (χ0v) is 12.3. The zero-order chi connectivity index (χ0) is 14.3. The average Bonchev–Trinajstić information content (AvgIpc) is 2.37.